The smallest absolute Gasteiger partial charge is 0.000979 e. The fourth-order valence-electron chi connectivity index (χ4n) is 4.07. The molecule has 0 aliphatic carbocycles. The van der Waals surface area contributed by atoms with Crippen molar-refractivity contribution in [3.63, 3.8) is 0 Å². The molecule has 0 aliphatic heterocycles. The molecule has 0 aromatic heterocycles. The van der Waals surface area contributed by atoms with Crippen molar-refractivity contribution in [2.24, 2.45) is 17.8 Å². The number of hydrogen-bond donors (Lipinski definition) is 0. The largest absolute Gasteiger partial charge is 0.303 e. The van der Waals surface area contributed by atoms with Gasteiger partial charge < -0.3 is 4.90 Å². The molecule has 25 heavy (non-hydrogen) atoms. The molecular formula is C24H51N. The van der Waals surface area contributed by atoms with Crippen LogP contribution in [0.15, 0.2) is 0 Å². The van der Waals surface area contributed by atoms with Gasteiger partial charge in [0.1, 0.15) is 0 Å². The Labute approximate surface area is 161 Å². The summed E-state index contributed by atoms with van der Waals surface area (Å²) < 4.78 is 0. The fourth-order valence-corrected chi connectivity index (χ4v) is 4.07. The van der Waals surface area contributed by atoms with Crippen LogP contribution >= 0.6 is 0 Å². The second kappa shape index (κ2) is 17.4. The van der Waals surface area contributed by atoms with Crippen molar-refractivity contribution in [3.8, 4) is 0 Å². The van der Waals surface area contributed by atoms with Crippen LogP contribution in [0.2, 0.25) is 0 Å². The Morgan fingerprint density at radius 1 is 0.480 bits per heavy atom. The topological polar surface area (TPSA) is 3.24 Å². The molecule has 0 aliphatic rings. The molecule has 0 N–H and O–H groups in total. The van der Waals surface area contributed by atoms with Crippen LogP contribution in [0.4, 0.5) is 0 Å². The van der Waals surface area contributed by atoms with Crippen LogP contribution in [0, 0.1) is 17.8 Å². The number of nitrogens with zero attached hydrogens (tertiary/aromatic N) is 1. The molecule has 3 atom stereocenters. The zero-order chi connectivity index (χ0) is 18.9. The highest BCUT2D eigenvalue weighted by Crippen LogP contribution is 2.22. The molecule has 0 heterocycles. The predicted molar refractivity (Wildman–Crippen MR) is 116 cm³/mol. The third-order valence-corrected chi connectivity index (χ3v) is 6.18. The monoisotopic (exact) mass is 353 g/mol. The lowest BCUT2D eigenvalue weighted by Gasteiger charge is -2.33. The summed E-state index contributed by atoms with van der Waals surface area (Å²) in [6.07, 6.45) is 16.6. The van der Waals surface area contributed by atoms with Gasteiger partial charge in [-0.15, -0.1) is 0 Å². The first-order valence-corrected chi connectivity index (χ1v) is 11.9. The van der Waals surface area contributed by atoms with E-state index in [0.29, 0.717) is 0 Å². The van der Waals surface area contributed by atoms with Gasteiger partial charge in [-0.25, -0.2) is 0 Å². The molecule has 1 nitrogen and oxygen atoms in total. The summed E-state index contributed by atoms with van der Waals surface area (Å²) in [7, 11) is 0. The Morgan fingerprint density at radius 3 is 0.960 bits per heavy atom. The molecule has 1 heteroatoms. The van der Waals surface area contributed by atoms with Gasteiger partial charge >= 0.3 is 0 Å². The van der Waals surface area contributed by atoms with Gasteiger partial charge in [0.15, 0.2) is 0 Å². The van der Waals surface area contributed by atoms with Gasteiger partial charge in [0.25, 0.3) is 0 Å². The number of unbranched alkanes of at least 4 members (excludes halogenated alkanes) is 3. The van der Waals surface area contributed by atoms with E-state index < -0.39 is 0 Å². The van der Waals surface area contributed by atoms with E-state index in [-0.39, 0.29) is 0 Å². The second-order valence-corrected chi connectivity index (χ2v) is 8.47. The first-order valence-electron chi connectivity index (χ1n) is 11.9. The first kappa shape index (κ1) is 25.0. The van der Waals surface area contributed by atoms with E-state index in [1.807, 2.05) is 0 Å². The lowest BCUT2D eigenvalue weighted by Crippen LogP contribution is -2.37. The Bertz CT molecular complexity index is 220. The van der Waals surface area contributed by atoms with Crippen LogP contribution in [0.1, 0.15) is 119 Å². The van der Waals surface area contributed by atoms with Crippen LogP contribution in [-0.4, -0.2) is 24.5 Å². The van der Waals surface area contributed by atoms with Gasteiger partial charge in [-0.1, -0.05) is 99.3 Å². The summed E-state index contributed by atoms with van der Waals surface area (Å²) in [4.78, 5) is 2.89. The van der Waals surface area contributed by atoms with E-state index in [1.54, 1.807) is 0 Å². The molecule has 0 rings (SSSR count). The van der Waals surface area contributed by atoms with Crippen LogP contribution in [0.3, 0.4) is 0 Å². The van der Waals surface area contributed by atoms with Crippen LogP contribution < -0.4 is 0 Å². The maximum Gasteiger partial charge on any atom is 0.000979 e. The molecule has 0 fully saturated rings. The third-order valence-electron chi connectivity index (χ3n) is 6.18. The van der Waals surface area contributed by atoms with Crippen molar-refractivity contribution in [2.45, 2.75) is 119 Å². The average Bonchev–Trinajstić information content (AvgIpc) is 2.64. The van der Waals surface area contributed by atoms with Gasteiger partial charge in [-0.3, -0.25) is 0 Å². The Morgan fingerprint density at radius 2 is 0.760 bits per heavy atom. The van der Waals surface area contributed by atoms with Crippen molar-refractivity contribution in [1.82, 2.24) is 4.90 Å². The molecule has 152 valence electrons. The standard InChI is InChI=1S/C24H51N/c1-7-13-16-22(10-4)19-25(20-23(11-5)17-14-8-2)21-24(12-6)18-15-9-3/h22-24H,7-21H2,1-6H3. The van der Waals surface area contributed by atoms with Gasteiger partial charge in [-0.2, -0.15) is 0 Å². The van der Waals surface area contributed by atoms with Crippen LogP contribution in [-0.2, 0) is 0 Å². The number of rotatable bonds is 18. The molecule has 0 radical (unpaired) electrons. The van der Waals surface area contributed by atoms with Gasteiger partial charge in [0, 0.05) is 19.6 Å². The van der Waals surface area contributed by atoms with E-state index in [1.165, 1.54) is 96.7 Å². The zero-order valence-corrected chi connectivity index (χ0v) is 18.8. The fraction of sp³-hybridized carbons (Fsp3) is 1.00. The van der Waals surface area contributed by atoms with E-state index in [2.05, 4.69) is 46.4 Å². The zero-order valence-electron chi connectivity index (χ0n) is 18.8. The average molecular weight is 354 g/mol. The summed E-state index contributed by atoms with van der Waals surface area (Å²) >= 11 is 0. The molecule has 0 saturated carbocycles. The summed E-state index contributed by atoms with van der Waals surface area (Å²) in [5, 5.41) is 0. The molecule has 0 bridgehead atoms. The van der Waals surface area contributed by atoms with Crippen molar-refractivity contribution < 1.29 is 0 Å². The molecule has 0 saturated heterocycles. The summed E-state index contributed by atoms with van der Waals surface area (Å²) in [5.74, 6) is 2.73. The molecule has 0 amide bonds. The minimum atomic E-state index is 0.910. The quantitative estimate of drug-likeness (QED) is 0.242. The molecule has 0 aromatic rings. The summed E-state index contributed by atoms with van der Waals surface area (Å²) in [6, 6.07) is 0. The second-order valence-electron chi connectivity index (χ2n) is 8.47. The predicted octanol–water partition coefficient (Wildman–Crippen LogP) is 7.94. The van der Waals surface area contributed by atoms with E-state index >= 15 is 0 Å². The third kappa shape index (κ3) is 12.9. The van der Waals surface area contributed by atoms with Crippen LogP contribution in [0.5, 0.6) is 0 Å². The van der Waals surface area contributed by atoms with Crippen molar-refractivity contribution >= 4 is 0 Å². The minimum Gasteiger partial charge on any atom is -0.303 e. The SMILES string of the molecule is CCCCC(CC)CN(CC(CC)CCCC)CC(CC)CCCC. The highest BCUT2D eigenvalue weighted by molar-refractivity contribution is 4.73. The van der Waals surface area contributed by atoms with Crippen molar-refractivity contribution in [2.75, 3.05) is 19.6 Å². The highest BCUT2D eigenvalue weighted by atomic mass is 15.1. The summed E-state index contributed by atoms with van der Waals surface area (Å²) in [5.41, 5.74) is 0. The van der Waals surface area contributed by atoms with Gasteiger partial charge in [0.2, 0.25) is 0 Å². The summed E-state index contributed by atoms with van der Waals surface area (Å²) in [6.45, 7) is 18.3. The molecule has 0 aromatic carbocycles. The first-order chi connectivity index (χ1) is 12.1. The number of hydrogen-bond acceptors (Lipinski definition) is 1. The highest BCUT2D eigenvalue weighted by Gasteiger charge is 2.19. The van der Waals surface area contributed by atoms with E-state index in [4.69, 9.17) is 0 Å². The van der Waals surface area contributed by atoms with Crippen molar-refractivity contribution in [1.29, 1.82) is 0 Å². The van der Waals surface area contributed by atoms with Crippen molar-refractivity contribution in [3.05, 3.63) is 0 Å². The normalized spacial score (nSPS) is 15.5. The maximum absolute atomic E-state index is 2.89. The Balaban J connectivity index is 4.80. The van der Waals surface area contributed by atoms with E-state index in [9.17, 15) is 0 Å². The lowest BCUT2D eigenvalue weighted by atomic mass is 9.93. The molecule has 3 unspecified atom stereocenters. The Kier molecular flexibility index (Phi) is 17.3. The molecular weight excluding hydrogens is 302 g/mol. The Hall–Kier alpha value is -0.0400. The molecule has 0 spiro atoms. The van der Waals surface area contributed by atoms with E-state index in [0.717, 1.165) is 17.8 Å². The van der Waals surface area contributed by atoms with Gasteiger partial charge in [0.05, 0.1) is 0 Å². The van der Waals surface area contributed by atoms with Gasteiger partial charge in [-0.05, 0) is 37.0 Å². The minimum absolute atomic E-state index is 0.910. The maximum atomic E-state index is 2.89. The lowest BCUT2D eigenvalue weighted by molar-refractivity contribution is 0.152. The van der Waals surface area contributed by atoms with Crippen LogP contribution in [0.25, 0.3) is 0 Å².